The number of aliphatic hydroxyl groups is 1. The van der Waals surface area contributed by atoms with Crippen LogP contribution in [0.2, 0.25) is 0 Å². The quantitative estimate of drug-likeness (QED) is 0.255. The second-order valence-corrected chi connectivity index (χ2v) is 7.62. The lowest BCUT2D eigenvalue weighted by Crippen LogP contribution is -2.45. The van der Waals surface area contributed by atoms with Gasteiger partial charge in [-0.1, -0.05) is 76.9 Å². The lowest BCUT2D eigenvalue weighted by molar-refractivity contribution is 0.297. The predicted octanol–water partition coefficient (Wildman–Crippen LogP) is 4.59. The van der Waals surface area contributed by atoms with E-state index in [2.05, 4.69) is 40.1 Å². The number of guanidine groups is 1. The SMILES string of the molecule is C=C(C)CN1CC=C(NCCCCCCCCCCCC)N=C1NCCO.Cl. The van der Waals surface area contributed by atoms with Crippen molar-refractivity contribution in [1.29, 1.82) is 0 Å². The van der Waals surface area contributed by atoms with Crippen LogP contribution in [-0.4, -0.2) is 48.8 Å². The molecular formula is C22H43ClN4O. The van der Waals surface area contributed by atoms with Crippen molar-refractivity contribution in [3.8, 4) is 0 Å². The molecule has 0 aromatic rings. The van der Waals surface area contributed by atoms with Crippen molar-refractivity contribution in [2.75, 3.05) is 32.8 Å². The zero-order valence-electron chi connectivity index (χ0n) is 18.1. The van der Waals surface area contributed by atoms with Gasteiger partial charge in [0.1, 0.15) is 5.82 Å². The van der Waals surface area contributed by atoms with E-state index >= 15 is 0 Å². The molecule has 1 aliphatic rings. The molecule has 0 aromatic heterocycles. The van der Waals surface area contributed by atoms with Crippen molar-refractivity contribution >= 4 is 18.4 Å². The summed E-state index contributed by atoms with van der Waals surface area (Å²) in [6.07, 6.45) is 15.7. The van der Waals surface area contributed by atoms with E-state index in [-0.39, 0.29) is 19.0 Å². The fourth-order valence-electron chi connectivity index (χ4n) is 3.24. The highest BCUT2D eigenvalue weighted by Gasteiger charge is 2.15. The summed E-state index contributed by atoms with van der Waals surface area (Å²) < 4.78 is 0. The topological polar surface area (TPSA) is 59.9 Å². The second-order valence-electron chi connectivity index (χ2n) is 7.62. The first-order valence-corrected chi connectivity index (χ1v) is 10.9. The molecule has 0 spiro atoms. The first-order valence-electron chi connectivity index (χ1n) is 10.9. The van der Waals surface area contributed by atoms with Crippen molar-refractivity contribution in [3.05, 3.63) is 24.0 Å². The number of hydrogen-bond acceptors (Lipinski definition) is 5. The zero-order chi connectivity index (χ0) is 19.7. The molecule has 0 amide bonds. The summed E-state index contributed by atoms with van der Waals surface area (Å²) in [6, 6.07) is 0. The molecule has 1 aliphatic heterocycles. The van der Waals surface area contributed by atoms with Crippen molar-refractivity contribution in [2.24, 2.45) is 4.99 Å². The highest BCUT2D eigenvalue weighted by atomic mass is 35.5. The average Bonchev–Trinajstić information content (AvgIpc) is 2.65. The molecule has 1 rings (SSSR count). The minimum atomic E-state index is 0. The van der Waals surface area contributed by atoms with E-state index in [1.807, 2.05) is 6.92 Å². The van der Waals surface area contributed by atoms with E-state index in [0.717, 1.165) is 37.0 Å². The molecule has 0 saturated carbocycles. The maximum absolute atomic E-state index is 9.06. The van der Waals surface area contributed by atoms with E-state index < -0.39 is 0 Å². The molecule has 164 valence electrons. The number of halogens is 1. The second kappa shape index (κ2) is 17.9. The fourth-order valence-corrected chi connectivity index (χ4v) is 3.24. The van der Waals surface area contributed by atoms with Crippen LogP contribution in [0.3, 0.4) is 0 Å². The zero-order valence-corrected chi connectivity index (χ0v) is 19.0. The van der Waals surface area contributed by atoms with Gasteiger partial charge in [-0.25, -0.2) is 0 Å². The number of rotatable bonds is 16. The van der Waals surface area contributed by atoms with Crippen LogP contribution in [0, 0.1) is 0 Å². The number of aliphatic hydroxyl groups excluding tert-OH is 1. The van der Waals surface area contributed by atoms with Gasteiger partial charge < -0.3 is 20.6 Å². The molecule has 1 heterocycles. The summed E-state index contributed by atoms with van der Waals surface area (Å²) >= 11 is 0. The van der Waals surface area contributed by atoms with E-state index in [1.54, 1.807) is 0 Å². The molecule has 0 aliphatic carbocycles. The minimum absolute atomic E-state index is 0. The van der Waals surface area contributed by atoms with Gasteiger partial charge in [-0.2, -0.15) is 4.99 Å². The van der Waals surface area contributed by atoms with Crippen molar-refractivity contribution in [1.82, 2.24) is 15.5 Å². The van der Waals surface area contributed by atoms with E-state index in [0.29, 0.717) is 6.54 Å². The Bertz CT molecular complexity index is 465. The van der Waals surface area contributed by atoms with Crippen LogP contribution in [-0.2, 0) is 0 Å². The summed E-state index contributed by atoms with van der Waals surface area (Å²) in [4.78, 5) is 6.81. The smallest absolute Gasteiger partial charge is 0.201 e. The molecule has 0 aromatic carbocycles. The Morgan fingerprint density at radius 3 is 2.21 bits per heavy atom. The third-order valence-electron chi connectivity index (χ3n) is 4.72. The maximum Gasteiger partial charge on any atom is 0.201 e. The molecule has 0 fully saturated rings. The van der Waals surface area contributed by atoms with Crippen LogP contribution in [0.25, 0.3) is 0 Å². The highest BCUT2D eigenvalue weighted by Crippen LogP contribution is 2.11. The Kier molecular flexibility index (Phi) is 17.1. The number of unbranched alkanes of at least 4 members (excludes halogenated alkanes) is 9. The number of aliphatic imine (C=N–C) groups is 1. The molecule has 0 unspecified atom stereocenters. The van der Waals surface area contributed by atoms with Crippen LogP contribution in [0.1, 0.15) is 78.1 Å². The number of nitrogens with zero attached hydrogens (tertiary/aromatic N) is 2. The van der Waals surface area contributed by atoms with Gasteiger partial charge in [0, 0.05) is 26.2 Å². The standard InChI is InChI=1S/C22H42N4O.ClH/c1-4-5-6-7-8-9-10-11-12-13-15-23-21-14-17-26(19-20(2)3)22(25-21)24-16-18-27;/h14,23,27H,2,4-13,15-19H2,1,3H3,(H,24,25);1H. The van der Waals surface area contributed by atoms with Gasteiger partial charge in [0.25, 0.3) is 0 Å². The van der Waals surface area contributed by atoms with Gasteiger partial charge in [0.05, 0.1) is 6.61 Å². The van der Waals surface area contributed by atoms with Crippen molar-refractivity contribution < 1.29 is 5.11 Å². The number of hydrogen-bond donors (Lipinski definition) is 3. The average molecular weight is 415 g/mol. The molecule has 28 heavy (non-hydrogen) atoms. The lowest BCUT2D eigenvalue weighted by Gasteiger charge is -2.29. The Hall–Kier alpha value is -1.20. The van der Waals surface area contributed by atoms with Crippen molar-refractivity contribution in [2.45, 2.75) is 78.1 Å². The van der Waals surface area contributed by atoms with Crippen LogP contribution in [0.15, 0.2) is 29.0 Å². The minimum Gasteiger partial charge on any atom is -0.395 e. The van der Waals surface area contributed by atoms with Crippen LogP contribution in [0.5, 0.6) is 0 Å². The Morgan fingerprint density at radius 1 is 1.04 bits per heavy atom. The Morgan fingerprint density at radius 2 is 1.64 bits per heavy atom. The monoisotopic (exact) mass is 414 g/mol. The first-order chi connectivity index (χ1) is 13.2. The van der Waals surface area contributed by atoms with Gasteiger partial charge in [0.2, 0.25) is 5.96 Å². The van der Waals surface area contributed by atoms with Gasteiger partial charge in [0.15, 0.2) is 0 Å². The predicted molar refractivity (Wildman–Crippen MR) is 124 cm³/mol. The molecule has 0 bridgehead atoms. The summed E-state index contributed by atoms with van der Waals surface area (Å²) in [5.41, 5.74) is 1.10. The van der Waals surface area contributed by atoms with Crippen LogP contribution in [0.4, 0.5) is 0 Å². The summed E-state index contributed by atoms with van der Waals surface area (Å²) in [5.74, 6) is 1.75. The van der Waals surface area contributed by atoms with E-state index in [9.17, 15) is 0 Å². The molecule has 5 nitrogen and oxygen atoms in total. The third kappa shape index (κ3) is 13.1. The molecule has 0 atom stereocenters. The van der Waals surface area contributed by atoms with Gasteiger partial charge >= 0.3 is 0 Å². The lowest BCUT2D eigenvalue weighted by atomic mass is 10.1. The summed E-state index contributed by atoms with van der Waals surface area (Å²) in [6.45, 7) is 11.4. The maximum atomic E-state index is 9.06. The molecule has 0 saturated heterocycles. The molecule has 0 radical (unpaired) electrons. The summed E-state index contributed by atoms with van der Waals surface area (Å²) in [5, 5.41) is 15.7. The van der Waals surface area contributed by atoms with Crippen LogP contribution >= 0.6 is 12.4 Å². The van der Waals surface area contributed by atoms with Gasteiger partial charge in [-0.3, -0.25) is 0 Å². The van der Waals surface area contributed by atoms with Crippen molar-refractivity contribution in [3.63, 3.8) is 0 Å². The largest absolute Gasteiger partial charge is 0.395 e. The summed E-state index contributed by atoms with van der Waals surface area (Å²) in [7, 11) is 0. The third-order valence-corrected chi connectivity index (χ3v) is 4.72. The first kappa shape index (κ1) is 26.8. The van der Waals surface area contributed by atoms with E-state index in [4.69, 9.17) is 5.11 Å². The number of nitrogens with one attached hydrogen (secondary N) is 2. The van der Waals surface area contributed by atoms with E-state index in [1.165, 1.54) is 64.2 Å². The fraction of sp³-hybridized carbons (Fsp3) is 0.773. The van der Waals surface area contributed by atoms with Gasteiger partial charge in [-0.05, 0) is 19.4 Å². The van der Waals surface area contributed by atoms with Gasteiger partial charge in [-0.15, -0.1) is 12.4 Å². The highest BCUT2D eigenvalue weighted by molar-refractivity contribution is 5.85. The molecule has 6 heteroatoms. The Balaban J connectivity index is 0.00000729. The molecule has 3 N–H and O–H groups in total. The van der Waals surface area contributed by atoms with Crippen LogP contribution < -0.4 is 10.6 Å². The Labute approximate surface area is 179 Å². The molecular weight excluding hydrogens is 372 g/mol. The normalized spacial score (nSPS) is 13.5.